The zero-order valence-corrected chi connectivity index (χ0v) is 6.66. The van der Waals surface area contributed by atoms with Crippen LogP contribution in [0.3, 0.4) is 0 Å². The van der Waals surface area contributed by atoms with Gasteiger partial charge in [0, 0.05) is 13.1 Å². The van der Waals surface area contributed by atoms with Gasteiger partial charge in [-0.2, -0.15) is 0 Å². The third-order valence-corrected chi connectivity index (χ3v) is 2.34. The summed E-state index contributed by atoms with van der Waals surface area (Å²) in [7, 11) is 0. The lowest BCUT2D eigenvalue weighted by atomic mass is 9.99. The maximum Gasteiger partial charge on any atom is 0.407 e. The molecule has 0 aromatic carbocycles. The van der Waals surface area contributed by atoms with Gasteiger partial charge < -0.3 is 15.7 Å². The molecule has 4 heteroatoms. The topological polar surface area (TPSA) is 66.6 Å². The molecule has 1 amide bonds. The summed E-state index contributed by atoms with van der Waals surface area (Å²) in [6, 6.07) is 0. The third-order valence-electron chi connectivity index (χ3n) is 2.34. The fraction of sp³-hybridized carbons (Fsp3) is 0.857. The zero-order chi connectivity index (χ0) is 8.43. The summed E-state index contributed by atoms with van der Waals surface area (Å²) in [5.74, 6) is 0.766. The Kier molecular flexibility index (Phi) is 2.34. The van der Waals surface area contributed by atoms with E-state index < -0.39 is 6.09 Å². The first-order chi connectivity index (χ1) is 5.15. The van der Waals surface area contributed by atoms with E-state index in [4.69, 9.17) is 10.8 Å². The highest BCUT2D eigenvalue weighted by atomic mass is 16.4. The highest BCUT2D eigenvalue weighted by Gasteiger charge is 2.30. The first-order valence-corrected chi connectivity index (χ1v) is 3.83. The average molecular weight is 158 g/mol. The van der Waals surface area contributed by atoms with Gasteiger partial charge in [-0.25, -0.2) is 4.79 Å². The SMILES string of the molecule is CC1CN(C(=O)O)CC1CN. The lowest BCUT2D eigenvalue weighted by Crippen LogP contribution is -2.27. The largest absolute Gasteiger partial charge is 0.465 e. The molecule has 3 N–H and O–H groups in total. The van der Waals surface area contributed by atoms with Crippen molar-refractivity contribution in [1.29, 1.82) is 0 Å². The molecule has 4 nitrogen and oxygen atoms in total. The number of nitrogens with zero attached hydrogens (tertiary/aromatic N) is 1. The van der Waals surface area contributed by atoms with E-state index in [-0.39, 0.29) is 0 Å². The van der Waals surface area contributed by atoms with Gasteiger partial charge in [0.1, 0.15) is 0 Å². The van der Waals surface area contributed by atoms with Crippen molar-refractivity contribution < 1.29 is 9.90 Å². The molecule has 1 aliphatic heterocycles. The second-order valence-electron chi connectivity index (χ2n) is 3.16. The van der Waals surface area contributed by atoms with E-state index in [0.717, 1.165) is 0 Å². The lowest BCUT2D eigenvalue weighted by molar-refractivity contribution is 0.153. The van der Waals surface area contributed by atoms with Gasteiger partial charge in [-0.15, -0.1) is 0 Å². The number of rotatable bonds is 1. The molecule has 1 saturated heterocycles. The Morgan fingerprint density at radius 3 is 2.64 bits per heavy atom. The van der Waals surface area contributed by atoms with Crippen LogP contribution in [0.4, 0.5) is 4.79 Å². The average Bonchev–Trinajstić information content (AvgIpc) is 2.31. The lowest BCUT2D eigenvalue weighted by Gasteiger charge is -2.10. The smallest absolute Gasteiger partial charge is 0.407 e. The zero-order valence-electron chi connectivity index (χ0n) is 6.66. The maximum atomic E-state index is 10.5. The molecule has 0 saturated carbocycles. The number of hydrogen-bond donors (Lipinski definition) is 2. The molecular weight excluding hydrogens is 144 g/mol. The molecule has 0 aromatic heterocycles. The number of likely N-dealkylation sites (tertiary alicyclic amines) is 1. The summed E-state index contributed by atoms with van der Waals surface area (Å²) in [4.78, 5) is 11.9. The Morgan fingerprint density at radius 2 is 2.36 bits per heavy atom. The van der Waals surface area contributed by atoms with Crippen LogP contribution in [0.1, 0.15) is 6.92 Å². The molecule has 1 heterocycles. The van der Waals surface area contributed by atoms with Crippen LogP contribution in [0.15, 0.2) is 0 Å². The minimum atomic E-state index is -0.826. The number of amides is 1. The second kappa shape index (κ2) is 3.09. The van der Waals surface area contributed by atoms with Crippen molar-refractivity contribution in [3.63, 3.8) is 0 Å². The Bertz CT molecular complexity index is 161. The molecule has 1 fully saturated rings. The molecule has 64 valence electrons. The summed E-state index contributed by atoms with van der Waals surface area (Å²) < 4.78 is 0. The van der Waals surface area contributed by atoms with Gasteiger partial charge >= 0.3 is 6.09 Å². The van der Waals surface area contributed by atoms with Crippen LogP contribution in [-0.2, 0) is 0 Å². The van der Waals surface area contributed by atoms with Crippen molar-refractivity contribution in [1.82, 2.24) is 4.90 Å². The molecule has 1 aliphatic rings. The minimum Gasteiger partial charge on any atom is -0.465 e. The third kappa shape index (κ3) is 1.63. The van der Waals surface area contributed by atoms with E-state index in [0.29, 0.717) is 31.5 Å². The molecule has 0 radical (unpaired) electrons. The van der Waals surface area contributed by atoms with Crippen LogP contribution in [0.5, 0.6) is 0 Å². The van der Waals surface area contributed by atoms with Gasteiger partial charge in [0.05, 0.1) is 0 Å². The molecular formula is C7H14N2O2. The first-order valence-electron chi connectivity index (χ1n) is 3.83. The van der Waals surface area contributed by atoms with Crippen molar-refractivity contribution in [3.8, 4) is 0 Å². The van der Waals surface area contributed by atoms with Crippen molar-refractivity contribution in [2.45, 2.75) is 6.92 Å². The minimum absolute atomic E-state index is 0.353. The van der Waals surface area contributed by atoms with Crippen LogP contribution in [0.2, 0.25) is 0 Å². The summed E-state index contributed by atoms with van der Waals surface area (Å²) in [5.41, 5.74) is 5.47. The van der Waals surface area contributed by atoms with E-state index >= 15 is 0 Å². The van der Waals surface area contributed by atoms with E-state index in [1.54, 1.807) is 0 Å². The van der Waals surface area contributed by atoms with Gasteiger partial charge in [-0.05, 0) is 18.4 Å². The van der Waals surface area contributed by atoms with Gasteiger partial charge in [0.25, 0.3) is 0 Å². The summed E-state index contributed by atoms with van der Waals surface area (Å²) >= 11 is 0. The molecule has 0 aliphatic carbocycles. The number of carbonyl (C=O) groups is 1. The summed E-state index contributed by atoms with van der Waals surface area (Å²) in [5, 5.41) is 8.63. The van der Waals surface area contributed by atoms with Crippen molar-refractivity contribution in [2.75, 3.05) is 19.6 Å². The van der Waals surface area contributed by atoms with Crippen molar-refractivity contribution >= 4 is 6.09 Å². The predicted octanol–water partition coefficient (Wildman–Crippen LogP) is 0.191. The maximum absolute atomic E-state index is 10.5. The second-order valence-corrected chi connectivity index (χ2v) is 3.16. The van der Waals surface area contributed by atoms with Crippen LogP contribution in [0.25, 0.3) is 0 Å². The van der Waals surface area contributed by atoms with Gasteiger partial charge in [-0.3, -0.25) is 0 Å². The Balaban J connectivity index is 2.49. The molecule has 11 heavy (non-hydrogen) atoms. The molecule has 0 spiro atoms. The highest BCUT2D eigenvalue weighted by Crippen LogP contribution is 2.21. The van der Waals surface area contributed by atoms with Crippen LogP contribution in [0, 0.1) is 11.8 Å². The Hall–Kier alpha value is -0.770. The van der Waals surface area contributed by atoms with Crippen molar-refractivity contribution in [3.05, 3.63) is 0 Å². The van der Waals surface area contributed by atoms with E-state index in [1.807, 2.05) is 6.92 Å². The predicted molar refractivity (Wildman–Crippen MR) is 41.3 cm³/mol. The van der Waals surface area contributed by atoms with Crippen LogP contribution < -0.4 is 5.73 Å². The Labute approximate surface area is 66.0 Å². The van der Waals surface area contributed by atoms with E-state index in [1.165, 1.54) is 4.90 Å². The number of nitrogens with two attached hydrogens (primary N) is 1. The van der Waals surface area contributed by atoms with E-state index in [9.17, 15) is 4.79 Å². The Morgan fingerprint density at radius 1 is 1.73 bits per heavy atom. The molecule has 2 atom stereocenters. The fourth-order valence-electron chi connectivity index (χ4n) is 1.50. The standard InChI is InChI=1S/C7H14N2O2/c1-5-3-9(7(10)11)4-6(5)2-8/h5-6H,2-4,8H2,1H3,(H,10,11). The highest BCUT2D eigenvalue weighted by molar-refractivity contribution is 5.65. The van der Waals surface area contributed by atoms with Gasteiger partial charge in [0.2, 0.25) is 0 Å². The first kappa shape index (κ1) is 8.33. The molecule has 0 bridgehead atoms. The fourth-order valence-corrected chi connectivity index (χ4v) is 1.50. The molecule has 1 rings (SSSR count). The molecule has 2 unspecified atom stereocenters. The van der Waals surface area contributed by atoms with Gasteiger partial charge in [0.15, 0.2) is 0 Å². The monoisotopic (exact) mass is 158 g/mol. The van der Waals surface area contributed by atoms with Crippen LogP contribution >= 0.6 is 0 Å². The summed E-state index contributed by atoms with van der Waals surface area (Å²) in [6.45, 7) is 3.87. The quantitative estimate of drug-likeness (QED) is 0.572. The normalized spacial score (nSPS) is 30.9. The van der Waals surface area contributed by atoms with Crippen LogP contribution in [-0.4, -0.2) is 35.7 Å². The van der Waals surface area contributed by atoms with E-state index in [2.05, 4.69) is 0 Å². The summed E-state index contributed by atoms with van der Waals surface area (Å²) in [6.07, 6.45) is -0.826. The number of hydrogen-bond acceptors (Lipinski definition) is 2. The van der Waals surface area contributed by atoms with Gasteiger partial charge in [-0.1, -0.05) is 6.92 Å². The van der Waals surface area contributed by atoms with Crippen molar-refractivity contribution in [2.24, 2.45) is 17.6 Å². The number of carboxylic acid groups (broad SMARTS) is 1. The molecule has 0 aromatic rings.